The molecule has 4 heteroatoms. The van der Waals surface area contributed by atoms with Crippen molar-refractivity contribution in [2.75, 3.05) is 20.2 Å². The fourth-order valence-electron chi connectivity index (χ4n) is 2.55. The number of methoxy groups -OCH3 is 1. The molecule has 0 aliphatic carbocycles. The lowest BCUT2D eigenvalue weighted by Gasteiger charge is -2.24. The van der Waals surface area contributed by atoms with Gasteiger partial charge < -0.3 is 9.64 Å². The van der Waals surface area contributed by atoms with Crippen LogP contribution in [0.1, 0.15) is 44.2 Å². The molecule has 1 unspecified atom stereocenters. The Hall–Kier alpha value is -1.84. The monoisotopic (exact) mass is 319 g/mol. The van der Waals surface area contributed by atoms with E-state index >= 15 is 0 Å². The number of amides is 1. The normalized spacial score (nSPS) is 11.8. The Balaban J connectivity index is 2.47. The molecular weight excluding hydrogens is 290 g/mol. The van der Waals surface area contributed by atoms with E-state index in [1.54, 1.807) is 11.8 Å². The summed E-state index contributed by atoms with van der Waals surface area (Å²) in [6.45, 7) is 7.02. The van der Waals surface area contributed by atoms with Gasteiger partial charge in [0.1, 0.15) is 0 Å². The smallest absolute Gasteiger partial charge is 0.310 e. The van der Waals surface area contributed by atoms with Gasteiger partial charge in [0.15, 0.2) is 0 Å². The molecule has 23 heavy (non-hydrogen) atoms. The second-order valence-corrected chi connectivity index (χ2v) is 6.10. The van der Waals surface area contributed by atoms with Gasteiger partial charge in [0.05, 0.1) is 13.0 Å². The van der Waals surface area contributed by atoms with Crippen molar-refractivity contribution in [3.05, 3.63) is 35.4 Å². The predicted octanol–water partition coefficient (Wildman–Crippen LogP) is 3.37. The molecule has 1 atom stereocenters. The van der Waals surface area contributed by atoms with Crippen LogP contribution in [0.5, 0.6) is 0 Å². The molecule has 0 spiro atoms. The van der Waals surface area contributed by atoms with Crippen molar-refractivity contribution < 1.29 is 14.3 Å². The van der Waals surface area contributed by atoms with E-state index in [0.29, 0.717) is 19.5 Å². The summed E-state index contributed by atoms with van der Waals surface area (Å²) in [6, 6.07) is 8.42. The lowest BCUT2D eigenvalue weighted by atomic mass is 10.1. The number of esters is 1. The summed E-state index contributed by atoms with van der Waals surface area (Å²) in [7, 11) is 1.38. The Morgan fingerprint density at radius 2 is 1.87 bits per heavy atom. The minimum absolute atomic E-state index is 0.120. The van der Waals surface area contributed by atoms with Crippen LogP contribution >= 0.6 is 0 Å². The van der Waals surface area contributed by atoms with E-state index in [2.05, 4.69) is 31.2 Å². The lowest BCUT2D eigenvalue weighted by molar-refractivity contribution is -0.146. The van der Waals surface area contributed by atoms with Gasteiger partial charge in [0, 0.05) is 19.5 Å². The molecule has 1 aromatic carbocycles. The van der Waals surface area contributed by atoms with Crippen molar-refractivity contribution in [3.63, 3.8) is 0 Å². The van der Waals surface area contributed by atoms with E-state index in [1.165, 1.54) is 18.2 Å². The third kappa shape index (κ3) is 6.85. The number of benzene rings is 1. The molecule has 1 amide bonds. The van der Waals surface area contributed by atoms with Crippen LogP contribution in [0, 0.1) is 12.8 Å². The zero-order chi connectivity index (χ0) is 17.2. The van der Waals surface area contributed by atoms with E-state index in [1.807, 2.05) is 6.92 Å². The third-order valence-electron chi connectivity index (χ3n) is 3.92. The number of carbonyl (C=O) groups is 2. The van der Waals surface area contributed by atoms with Gasteiger partial charge in [-0.25, -0.2) is 0 Å². The number of aryl methyl sites for hydroxylation is 2. The van der Waals surface area contributed by atoms with E-state index in [4.69, 9.17) is 4.74 Å². The Kier molecular flexibility index (Phi) is 8.38. The van der Waals surface area contributed by atoms with Crippen LogP contribution in [-0.2, 0) is 20.7 Å². The van der Waals surface area contributed by atoms with Crippen LogP contribution in [0.15, 0.2) is 24.3 Å². The fourth-order valence-corrected chi connectivity index (χ4v) is 2.55. The quantitative estimate of drug-likeness (QED) is 0.656. The number of ether oxygens (including phenoxy) is 1. The second-order valence-electron chi connectivity index (χ2n) is 6.10. The SMILES string of the molecule is CCCN(CC(C)C(=O)OC)C(=O)CCCc1ccc(C)cc1. The van der Waals surface area contributed by atoms with Crippen molar-refractivity contribution >= 4 is 11.9 Å². The first-order valence-corrected chi connectivity index (χ1v) is 8.39. The standard InChI is InChI=1S/C19H29NO3/c1-5-13-20(14-16(3)19(22)23-4)18(21)8-6-7-17-11-9-15(2)10-12-17/h9-12,16H,5-8,13-14H2,1-4H3. The summed E-state index contributed by atoms with van der Waals surface area (Å²) < 4.78 is 4.74. The first kappa shape index (κ1) is 19.2. The highest BCUT2D eigenvalue weighted by molar-refractivity contribution is 5.78. The summed E-state index contributed by atoms with van der Waals surface area (Å²) in [6.07, 6.45) is 3.13. The summed E-state index contributed by atoms with van der Waals surface area (Å²) in [5.41, 5.74) is 2.50. The summed E-state index contributed by atoms with van der Waals surface area (Å²) >= 11 is 0. The van der Waals surface area contributed by atoms with Gasteiger partial charge in [0.2, 0.25) is 5.91 Å². The molecule has 0 N–H and O–H groups in total. The average molecular weight is 319 g/mol. The lowest BCUT2D eigenvalue weighted by Crippen LogP contribution is -2.37. The van der Waals surface area contributed by atoms with Crippen molar-refractivity contribution in [3.8, 4) is 0 Å². The first-order valence-electron chi connectivity index (χ1n) is 8.39. The van der Waals surface area contributed by atoms with Crippen molar-refractivity contribution in [1.82, 2.24) is 4.90 Å². The molecule has 0 saturated heterocycles. The first-order chi connectivity index (χ1) is 11.0. The Morgan fingerprint density at radius 3 is 2.43 bits per heavy atom. The van der Waals surface area contributed by atoms with Gasteiger partial charge in [-0.2, -0.15) is 0 Å². The number of carbonyl (C=O) groups excluding carboxylic acids is 2. The highest BCUT2D eigenvalue weighted by Crippen LogP contribution is 2.10. The molecule has 0 saturated carbocycles. The Labute approximate surface area is 139 Å². The molecule has 0 aromatic heterocycles. The van der Waals surface area contributed by atoms with E-state index in [-0.39, 0.29) is 17.8 Å². The summed E-state index contributed by atoms with van der Waals surface area (Å²) in [5, 5.41) is 0. The van der Waals surface area contributed by atoms with Crippen molar-refractivity contribution in [1.29, 1.82) is 0 Å². The average Bonchev–Trinajstić information content (AvgIpc) is 2.55. The van der Waals surface area contributed by atoms with Crippen LogP contribution in [0.4, 0.5) is 0 Å². The van der Waals surface area contributed by atoms with Crippen LogP contribution in [0.3, 0.4) is 0 Å². The second kappa shape index (κ2) is 10.0. The molecule has 0 aliphatic rings. The highest BCUT2D eigenvalue weighted by Gasteiger charge is 2.20. The third-order valence-corrected chi connectivity index (χ3v) is 3.92. The molecule has 1 rings (SSSR count). The summed E-state index contributed by atoms with van der Waals surface area (Å²) in [5.74, 6) is -0.430. The van der Waals surface area contributed by atoms with Crippen LogP contribution in [0.2, 0.25) is 0 Å². The highest BCUT2D eigenvalue weighted by atomic mass is 16.5. The minimum Gasteiger partial charge on any atom is -0.469 e. The van der Waals surface area contributed by atoms with Gasteiger partial charge in [-0.1, -0.05) is 43.7 Å². The molecule has 4 nitrogen and oxygen atoms in total. The fraction of sp³-hybridized carbons (Fsp3) is 0.579. The van der Waals surface area contributed by atoms with E-state index in [9.17, 15) is 9.59 Å². The zero-order valence-corrected chi connectivity index (χ0v) is 14.8. The molecule has 0 bridgehead atoms. The largest absolute Gasteiger partial charge is 0.469 e. The van der Waals surface area contributed by atoms with Gasteiger partial charge in [0.25, 0.3) is 0 Å². The number of hydrogen-bond acceptors (Lipinski definition) is 3. The Morgan fingerprint density at radius 1 is 1.22 bits per heavy atom. The maximum absolute atomic E-state index is 12.4. The van der Waals surface area contributed by atoms with Crippen LogP contribution < -0.4 is 0 Å². The Bertz CT molecular complexity index is 496. The number of rotatable bonds is 9. The molecule has 0 heterocycles. The van der Waals surface area contributed by atoms with Crippen LogP contribution in [-0.4, -0.2) is 37.0 Å². The molecule has 1 aromatic rings. The van der Waals surface area contributed by atoms with Gasteiger partial charge in [-0.15, -0.1) is 0 Å². The van der Waals surface area contributed by atoms with Gasteiger partial charge in [-0.05, 0) is 31.7 Å². The maximum atomic E-state index is 12.4. The minimum atomic E-state index is -0.285. The van der Waals surface area contributed by atoms with Gasteiger partial charge in [-0.3, -0.25) is 9.59 Å². The molecular formula is C19H29NO3. The number of hydrogen-bond donors (Lipinski definition) is 0. The zero-order valence-electron chi connectivity index (χ0n) is 14.8. The summed E-state index contributed by atoms with van der Waals surface area (Å²) in [4.78, 5) is 25.7. The maximum Gasteiger partial charge on any atom is 0.310 e. The van der Waals surface area contributed by atoms with E-state index < -0.39 is 0 Å². The number of nitrogens with zero attached hydrogens (tertiary/aromatic N) is 1. The van der Waals surface area contributed by atoms with E-state index in [0.717, 1.165) is 19.3 Å². The topological polar surface area (TPSA) is 46.6 Å². The van der Waals surface area contributed by atoms with Crippen LogP contribution in [0.25, 0.3) is 0 Å². The molecule has 128 valence electrons. The van der Waals surface area contributed by atoms with Gasteiger partial charge >= 0.3 is 5.97 Å². The van der Waals surface area contributed by atoms with Crippen molar-refractivity contribution in [2.24, 2.45) is 5.92 Å². The molecule has 0 aliphatic heterocycles. The predicted molar refractivity (Wildman–Crippen MR) is 92.2 cm³/mol. The molecule has 0 fully saturated rings. The van der Waals surface area contributed by atoms with Crippen molar-refractivity contribution in [2.45, 2.75) is 46.5 Å². The molecule has 0 radical (unpaired) electrons.